The predicted octanol–water partition coefficient (Wildman–Crippen LogP) is 3.57. The highest BCUT2D eigenvalue weighted by molar-refractivity contribution is 6.29. The molecule has 2 rings (SSSR count). The SMILES string of the molecule is CC[C@@H](CCO)Nc1cc(Cl)ncc1-c1ccn(C(F)F)n1. The van der Waals surface area contributed by atoms with Gasteiger partial charge in [-0.2, -0.15) is 13.9 Å². The molecule has 0 bridgehead atoms. The van der Waals surface area contributed by atoms with Crippen LogP contribution in [-0.2, 0) is 0 Å². The molecule has 0 saturated carbocycles. The molecule has 0 unspecified atom stereocenters. The lowest BCUT2D eigenvalue weighted by atomic mass is 10.1. The van der Waals surface area contributed by atoms with E-state index in [-0.39, 0.29) is 12.6 Å². The van der Waals surface area contributed by atoms with E-state index in [4.69, 9.17) is 16.7 Å². The second-order valence-electron chi connectivity index (χ2n) is 4.77. The molecular formula is C14H17ClF2N4O. The number of aliphatic hydroxyl groups excluding tert-OH is 1. The number of hydrogen-bond donors (Lipinski definition) is 2. The van der Waals surface area contributed by atoms with Gasteiger partial charge in [-0.1, -0.05) is 18.5 Å². The summed E-state index contributed by atoms with van der Waals surface area (Å²) in [5, 5.41) is 16.5. The summed E-state index contributed by atoms with van der Waals surface area (Å²) >= 11 is 5.92. The maximum Gasteiger partial charge on any atom is 0.333 e. The van der Waals surface area contributed by atoms with Gasteiger partial charge in [-0.05, 0) is 25.0 Å². The fourth-order valence-electron chi connectivity index (χ4n) is 2.10. The van der Waals surface area contributed by atoms with Gasteiger partial charge >= 0.3 is 6.55 Å². The summed E-state index contributed by atoms with van der Waals surface area (Å²) in [5.41, 5.74) is 1.62. The topological polar surface area (TPSA) is 63.0 Å². The van der Waals surface area contributed by atoms with Crippen molar-refractivity contribution in [3.05, 3.63) is 29.7 Å². The van der Waals surface area contributed by atoms with Crippen LogP contribution in [0.15, 0.2) is 24.5 Å². The number of alkyl halides is 2. The molecule has 2 aromatic rings. The molecule has 120 valence electrons. The molecule has 0 fully saturated rings. The minimum atomic E-state index is -2.69. The number of anilines is 1. The Morgan fingerprint density at radius 3 is 2.82 bits per heavy atom. The Labute approximate surface area is 131 Å². The molecule has 0 spiro atoms. The van der Waals surface area contributed by atoms with Crippen LogP contribution >= 0.6 is 11.6 Å². The van der Waals surface area contributed by atoms with Crippen LogP contribution in [0.4, 0.5) is 14.5 Å². The van der Waals surface area contributed by atoms with Crippen molar-refractivity contribution in [1.29, 1.82) is 0 Å². The molecule has 0 aliphatic heterocycles. The molecule has 0 aliphatic carbocycles. The number of aliphatic hydroxyl groups is 1. The third-order valence-corrected chi connectivity index (χ3v) is 3.49. The average molecular weight is 331 g/mol. The van der Waals surface area contributed by atoms with Crippen LogP contribution in [0, 0.1) is 0 Å². The van der Waals surface area contributed by atoms with Gasteiger partial charge < -0.3 is 10.4 Å². The van der Waals surface area contributed by atoms with E-state index in [2.05, 4.69) is 15.4 Å². The summed E-state index contributed by atoms with van der Waals surface area (Å²) in [5.74, 6) is 0. The lowest BCUT2D eigenvalue weighted by Gasteiger charge is -2.19. The van der Waals surface area contributed by atoms with Gasteiger partial charge in [0.15, 0.2) is 0 Å². The van der Waals surface area contributed by atoms with Crippen molar-refractivity contribution in [2.24, 2.45) is 0 Å². The minimum Gasteiger partial charge on any atom is -0.396 e. The minimum absolute atomic E-state index is 0.0411. The molecule has 2 heterocycles. The highest BCUT2D eigenvalue weighted by atomic mass is 35.5. The van der Waals surface area contributed by atoms with E-state index in [1.165, 1.54) is 18.5 Å². The molecule has 1 atom stereocenters. The van der Waals surface area contributed by atoms with Crippen LogP contribution in [0.5, 0.6) is 0 Å². The maximum absolute atomic E-state index is 12.6. The van der Waals surface area contributed by atoms with E-state index in [9.17, 15) is 8.78 Å². The van der Waals surface area contributed by atoms with Gasteiger partial charge in [0.1, 0.15) is 5.15 Å². The molecule has 2 aromatic heterocycles. The molecule has 5 nitrogen and oxygen atoms in total. The van der Waals surface area contributed by atoms with E-state index >= 15 is 0 Å². The van der Waals surface area contributed by atoms with Gasteiger partial charge in [-0.3, -0.25) is 0 Å². The molecular weight excluding hydrogens is 314 g/mol. The third kappa shape index (κ3) is 3.92. The Balaban J connectivity index is 2.34. The quantitative estimate of drug-likeness (QED) is 0.762. The van der Waals surface area contributed by atoms with Crippen LogP contribution in [0.25, 0.3) is 11.3 Å². The van der Waals surface area contributed by atoms with Crippen molar-refractivity contribution >= 4 is 17.3 Å². The van der Waals surface area contributed by atoms with Gasteiger partial charge in [0.2, 0.25) is 0 Å². The summed E-state index contributed by atoms with van der Waals surface area (Å²) in [6.45, 7) is -0.649. The van der Waals surface area contributed by atoms with Crippen molar-refractivity contribution in [2.75, 3.05) is 11.9 Å². The monoisotopic (exact) mass is 330 g/mol. The average Bonchev–Trinajstić information content (AvgIpc) is 2.97. The van der Waals surface area contributed by atoms with Gasteiger partial charge in [0.05, 0.1) is 5.69 Å². The first-order valence-corrected chi connectivity index (χ1v) is 7.29. The smallest absolute Gasteiger partial charge is 0.333 e. The molecule has 0 saturated heterocycles. The van der Waals surface area contributed by atoms with Gasteiger partial charge in [-0.15, -0.1) is 0 Å². The number of rotatable bonds is 7. The fraction of sp³-hybridized carbons (Fsp3) is 0.429. The molecule has 2 N–H and O–H groups in total. The van der Waals surface area contributed by atoms with Crippen LogP contribution in [-0.4, -0.2) is 32.5 Å². The molecule has 0 aliphatic rings. The lowest BCUT2D eigenvalue weighted by Crippen LogP contribution is -2.20. The number of hydrogen-bond acceptors (Lipinski definition) is 4. The van der Waals surface area contributed by atoms with Crippen molar-refractivity contribution in [1.82, 2.24) is 14.8 Å². The zero-order chi connectivity index (χ0) is 16.1. The van der Waals surface area contributed by atoms with Gasteiger partial charge in [-0.25, -0.2) is 9.67 Å². The van der Waals surface area contributed by atoms with E-state index < -0.39 is 6.55 Å². The normalized spacial score (nSPS) is 12.6. The van der Waals surface area contributed by atoms with Crippen LogP contribution in [0.1, 0.15) is 26.3 Å². The molecule has 0 radical (unpaired) electrons. The number of pyridine rings is 1. The fourth-order valence-corrected chi connectivity index (χ4v) is 2.26. The van der Waals surface area contributed by atoms with Crippen molar-refractivity contribution < 1.29 is 13.9 Å². The Hall–Kier alpha value is -1.73. The Kier molecular flexibility index (Phi) is 5.68. The highest BCUT2D eigenvalue weighted by Gasteiger charge is 2.15. The lowest BCUT2D eigenvalue weighted by molar-refractivity contribution is 0.0568. The Morgan fingerprint density at radius 2 is 2.23 bits per heavy atom. The standard InChI is InChI=1S/C14H17ClF2N4O/c1-2-9(4-6-22)19-12-7-13(15)18-8-10(12)11-3-5-21(20-11)14(16)17/h3,5,7-9,14,22H,2,4,6H2,1H3,(H,18,19)/t9-/m0/s1. The predicted molar refractivity (Wildman–Crippen MR) is 81.1 cm³/mol. The van der Waals surface area contributed by atoms with E-state index in [1.54, 1.807) is 6.07 Å². The number of nitrogens with one attached hydrogen (secondary N) is 1. The van der Waals surface area contributed by atoms with Crippen molar-refractivity contribution in [2.45, 2.75) is 32.4 Å². The zero-order valence-electron chi connectivity index (χ0n) is 12.0. The first-order valence-electron chi connectivity index (χ1n) is 6.91. The summed E-state index contributed by atoms with van der Waals surface area (Å²) < 4.78 is 25.9. The molecule has 22 heavy (non-hydrogen) atoms. The highest BCUT2D eigenvalue weighted by Crippen LogP contribution is 2.29. The van der Waals surface area contributed by atoms with Crippen LogP contribution < -0.4 is 5.32 Å². The number of nitrogens with zero attached hydrogens (tertiary/aromatic N) is 3. The van der Waals surface area contributed by atoms with E-state index in [1.807, 2.05) is 6.92 Å². The number of aromatic nitrogens is 3. The van der Waals surface area contributed by atoms with Crippen molar-refractivity contribution in [3.63, 3.8) is 0 Å². The van der Waals surface area contributed by atoms with Gasteiger partial charge in [0.25, 0.3) is 0 Å². The Bertz CT molecular complexity index is 621. The molecule has 0 aromatic carbocycles. The largest absolute Gasteiger partial charge is 0.396 e. The molecule has 8 heteroatoms. The van der Waals surface area contributed by atoms with E-state index in [0.717, 1.165) is 6.42 Å². The van der Waals surface area contributed by atoms with Gasteiger partial charge in [0, 0.05) is 36.3 Å². The number of halogens is 3. The van der Waals surface area contributed by atoms with Crippen LogP contribution in [0.2, 0.25) is 5.15 Å². The Morgan fingerprint density at radius 1 is 1.45 bits per heavy atom. The summed E-state index contributed by atoms with van der Waals surface area (Å²) in [6, 6.07) is 3.16. The second-order valence-corrected chi connectivity index (χ2v) is 5.16. The summed E-state index contributed by atoms with van der Waals surface area (Å²) in [7, 11) is 0. The zero-order valence-corrected chi connectivity index (χ0v) is 12.8. The summed E-state index contributed by atoms with van der Waals surface area (Å²) in [4.78, 5) is 3.99. The molecule has 0 amide bonds. The first-order chi connectivity index (χ1) is 10.5. The maximum atomic E-state index is 12.6. The first kappa shape index (κ1) is 16.6. The summed E-state index contributed by atoms with van der Waals surface area (Å²) in [6.07, 6.45) is 4.07. The second kappa shape index (κ2) is 7.51. The van der Waals surface area contributed by atoms with Crippen LogP contribution in [0.3, 0.4) is 0 Å². The van der Waals surface area contributed by atoms with E-state index in [0.29, 0.717) is 33.2 Å². The third-order valence-electron chi connectivity index (χ3n) is 3.28. The van der Waals surface area contributed by atoms with Crippen molar-refractivity contribution in [3.8, 4) is 11.3 Å².